The van der Waals surface area contributed by atoms with E-state index >= 15 is 0 Å². The van der Waals surface area contributed by atoms with Crippen LogP contribution in [0.25, 0.3) is 11.3 Å². The minimum Gasteiger partial charge on any atom is -0.342 e. The zero-order valence-electron chi connectivity index (χ0n) is 16.1. The van der Waals surface area contributed by atoms with E-state index < -0.39 is 0 Å². The van der Waals surface area contributed by atoms with E-state index in [1.54, 1.807) is 0 Å². The zero-order chi connectivity index (χ0) is 18.4. The summed E-state index contributed by atoms with van der Waals surface area (Å²) in [4.78, 5) is 12.8. The SMILES string of the molecule is CCCC1N=NC(c2ccc(-c3cnc(C(CCC)CCC)[nH]3)cc2)=N1. The van der Waals surface area contributed by atoms with E-state index in [2.05, 4.69) is 70.2 Å². The van der Waals surface area contributed by atoms with Gasteiger partial charge in [0.15, 0.2) is 12.0 Å². The Morgan fingerprint density at radius 3 is 2.31 bits per heavy atom. The Kier molecular flexibility index (Phi) is 6.31. The molecule has 0 spiro atoms. The van der Waals surface area contributed by atoms with Gasteiger partial charge >= 0.3 is 0 Å². The molecule has 0 saturated carbocycles. The zero-order valence-corrected chi connectivity index (χ0v) is 16.1. The Bertz CT molecular complexity index is 751. The molecular formula is C21H29N5. The first-order valence-corrected chi connectivity index (χ1v) is 9.89. The van der Waals surface area contributed by atoms with Crippen LogP contribution in [0.5, 0.6) is 0 Å². The van der Waals surface area contributed by atoms with Crippen LogP contribution in [0, 0.1) is 0 Å². The average Bonchev–Trinajstić information content (AvgIpc) is 3.32. The summed E-state index contributed by atoms with van der Waals surface area (Å²) in [5.41, 5.74) is 3.23. The van der Waals surface area contributed by atoms with E-state index in [1.165, 1.54) is 25.7 Å². The standard InChI is InChI=1S/C21H29N5/c1-4-7-16(8-5-2)20-22-14-18(23-20)15-10-12-17(13-11-15)21-24-19(9-6-3)25-26-21/h10-14,16,19H,4-9H2,1-3H3,(H,22,23). The maximum Gasteiger partial charge on any atom is 0.179 e. The predicted molar refractivity (Wildman–Crippen MR) is 107 cm³/mol. The van der Waals surface area contributed by atoms with Gasteiger partial charge in [0.05, 0.1) is 11.9 Å². The molecule has 1 unspecified atom stereocenters. The van der Waals surface area contributed by atoms with E-state index in [4.69, 9.17) is 0 Å². The quantitative estimate of drug-likeness (QED) is 0.583. The Labute approximate surface area is 156 Å². The van der Waals surface area contributed by atoms with Crippen LogP contribution in [0.2, 0.25) is 0 Å². The van der Waals surface area contributed by atoms with Gasteiger partial charge in [0.25, 0.3) is 0 Å². The number of amidine groups is 1. The van der Waals surface area contributed by atoms with Crippen LogP contribution in [-0.2, 0) is 0 Å². The molecule has 0 radical (unpaired) electrons. The largest absolute Gasteiger partial charge is 0.342 e. The number of imidazole rings is 1. The highest BCUT2D eigenvalue weighted by molar-refractivity contribution is 6.00. The summed E-state index contributed by atoms with van der Waals surface area (Å²) >= 11 is 0. The van der Waals surface area contributed by atoms with E-state index in [0.717, 1.165) is 41.3 Å². The summed E-state index contributed by atoms with van der Waals surface area (Å²) in [5.74, 6) is 2.39. The van der Waals surface area contributed by atoms with Gasteiger partial charge in [-0.05, 0) is 24.8 Å². The third-order valence-electron chi connectivity index (χ3n) is 4.81. The molecule has 0 fully saturated rings. The van der Waals surface area contributed by atoms with Gasteiger partial charge in [-0.1, -0.05) is 64.3 Å². The third kappa shape index (κ3) is 4.26. The molecule has 1 N–H and O–H groups in total. The van der Waals surface area contributed by atoms with Gasteiger partial charge in [-0.3, -0.25) is 0 Å². The van der Waals surface area contributed by atoms with Gasteiger partial charge in [0, 0.05) is 11.5 Å². The molecule has 1 atom stereocenters. The molecule has 2 heterocycles. The van der Waals surface area contributed by atoms with Crippen LogP contribution in [0.3, 0.4) is 0 Å². The molecule has 1 aliphatic rings. The molecule has 2 aromatic rings. The molecule has 138 valence electrons. The first kappa shape index (κ1) is 18.5. The normalized spacial score (nSPS) is 16.5. The molecule has 0 bridgehead atoms. The van der Waals surface area contributed by atoms with Crippen molar-refractivity contribution in [3.8, 4) is 11.3 Å². The molecule has 3 rings (SSSR count). The Morgan fingerprint density at radius 2 is 1.65 bits per heavy atom. The smallest absolute Gasteiger partial charge is 0.179 e. The fourth-order valence-corrected chi connectivity index (χ4v) is 3.43. The minimum absolute atomic E-state index is 0.00101. The van der Waals surface area contributed by atoms with Crippen molar-refractivity contribution >= 4 is 5.84 Å². The Morgan fingerprint density at radius 1 is 0.962 bits per heavy atom. The van der Waals surface area contributed by atoms with Crippen molar-refractivity contribution in [2.75, 3.05) is 0 Å². The lowest BCUT2D eigenvalue weighted by molar-refractivity contribution is 0.538. The van der Waals surface area contributed by atoms with Gasteiger partial charge in [0.2, 0.25) is 0 Å². The summed E-state index contributed by atoms with van der Waals surface area (Å²) in [6.45, 7) is 6.61. The van der Waals surface area contributed by atoms with Crippen molar-refractivity contribution in [1.29, 1.82) is 0 Å². The molecule has 0 saturated heterocycles. The van der Waals surface area contributed by atoms with Crippen LogP contribution in [-0.4, -0.2) is 22.0 Å². The van der Waals surface area contributed by atoms with Gasteiger partial charge in [0.1, 0.15) is 5.82 Å². The molecule has 0 amide bonds. The average molecular weight is 351 g/mol. The van der Waals surface area contributed by atoms with Crippen molar-refractivity contribution in [2.45, 2.75) is 71.4 Å². The second kappa shape index (κ2) is 8.88. The summed E-state index contributed by atoms with van der Waals surface area (Å²) in [7, 11) is 0. The second-order valence-electron chi connectivity index (χ2n) is 6.97. The first-order valence-electron chi connectivity index (χ1n) is 9.89. The number of nitrogens with one attached hydrogen (secondary N) is 1. The minimum atomic E-state index is -0.00101. The summed E-state index contributed by atoms with van der Waals surface area (Å²) in [5, 5.41) is 8.46. The number of aromatic nitrogens is 2. The highest BCUT2D eigenvalue weighted by Crippen LogP contribution is 2.27. The van der Waals surface area contributed by atoms with Crippen molar-refractivity contribution in [2.24, 2.45) is 15.2 Å². The summed E-state index contributed by atoms with van der Waals surface area (Å²) in [6, 6.07) is 8.34. The Hall–Kier alpha value is -2.30. The van der Waals surface area contributed by atoms with Crippen molar-refractivity contribution < 1.29 is 0 Å². The fraction of sp³-hybridized carbons (Fsp3) is 0.524. The second-order valence-corrected chi connectivity index (χ2v) is 6.97. The van der Waals surface area contributed by atoms with E-state index in [-0.39, 0.29) is 6.17 Å². The maximum absolute atomic E-state index is 4.65. The highest BCUT2D eigenvalue weighted by atomic mass is 15.3. The number of azo groups is 1. The topological polar surface area (TPSA) is 65.8 Å². The number of rotatable bonds is 9. The molecule has 26 heavy (non-hydrogen) atoms. The van der Waals surface area contributed by atoms with Crippen molar-refractivity contribution in [3.05, 3.63) is 41.9 Å². The third-order valence-corrected chi connectivity index (χ3v) is 4.81. The van der Waals surface area contributed by atoms with E-state index in [0.29, 0.717) is 5.92 Å². The van der Waals surface area contributed by atoms with Gasteiger partial charge in [-0.2, -0.15) is 5.11 Å². The number of aliphatic imine (C=N–C) groups is 1. The number of aromatic amines is 1. The Balaban J connectivity index is 1.73. The molecule has 5 heteroatoms. The van der Waals surface area contributed by atoms with Gasteiger partial charge < -0.3 is 4.98 Å². The monoisotopic (exact) mass is 351 g/mol. The van der Waals surface area contributed by atoms with Gasteiger partial charge in [-0.25, -0.2) is 9.98 Å². The molecule has 1 aromatic carbocycles. The number of benzene rings is 1. The summed E-state index contributed by atoms with van der Waals surface area (Å²) in [6.07, 6.45) is 8.71. The van der Waals surface area contributed by atoms with Crippen LogP contribution in [0.15, 0.2) is 45.7 Å². The lowest BCUT2D eigenvalue weighted by atomic mass is 9.98. The molecule has 1 aliphatic heterocycles. The molecule has 5 nitrogen and oxygen atoms in total. The van der Waals surface area contributed by atoms with Crippen LogP contribution < -0.4 is 0 Å². The predicted octanol–water partition coefficient (Wildman–Crippen LogP) is 6.10. The lowest BCUT2D eigenvalue weighted by Crippen LogP contribution is -2.00. The number of H-pyrrole nitrogens is 1. The summed E-state index contributed by atoms with van der Waals surface area (Å²) < 4.78 is 0. The molecule has 1 aromatic heterocycles. The van der Waals surface area contributed by atoms with Crippen LogP contribution >= 0.6 is 0 Å². The van der Waals surface area contributed by atoms with Crippen LogP contribution in [0.1, 0.15) is 76.6 Å². The fourth-order valence-electron chi connectivity index (χ4n) is 3.43. The highest BCUT2D eigenvalue weighted by Gasteiger charge is 2.16. The maximum atomic E-state index is 4.65. The number of hydrogen-bond acceptors (Lipinski definition) is 4. The van der Waals surface area contributed by atoms with Gasteiger partial charge in [-0.15, -0.1) is 5.11 Å². The van der Waals surface area contributed by atoms with Crippen molar-refractivity contribution in [1.82, 2.24) is 9.97 Å². The molecular weight excluding hydrogens is 322 g/mol. The number of nitrogens with zero attached hydrogens (tertiary/aromatic N) is 4. The first-order chi connectivity index (χ1) is 12.7. The molecule has 0 aliphatic carbocycles. The van der Waals surface area contributed by atoms with E-state index in [1.807, 2.05) is 6.20 Å². The lowest BCUT2D eigenvalue weighted by Gasteiger charge is -2.12. The number of hydrogen-bond donors (Lipinski definition) is 1. The van der Waals surface area contributed by atoms with Crippen molar-refractivity contribution in [3.63, 3.8) is 0 Å². The van der Waals surface area contributed by atoms with E-state index in [9.17, 15) is 0 Å². The van der Waals surface area contributed by atoms with Crippen LogP contribution in [0.4, 0.5) is 0 Å².